The number of benzene rings is 2. The van der Waals surface area contributed by atoms with E-state index >= 15 is 0 Å². The molecule has 0 unspecified atom stereocenters. The van der Waals surface area contributed by atoms with E-state index < -0.39 is 27.5 Å². The molecule has 4 amide bonds. The Morgan fingerprint density at radius 1 is 0.902 bits per heavy atom. The predicted octanol–water partition coefficient (Wildman–Crippen LogP) is 5.45. The number of hydrogen-bond acceptors (Lipinski definition) is 7. The molecule has 12 nitrogen and oxygen atoms in total. The Morgan fingerprint density at radius 2 is 1.53 bits per heavy atom. The van der Waals surface area contributed by atoms with Crippen molar-refractivity contribution in [1.82, 2.24) is 19.0 Å². The number of likely N-dealkylation sites (tertiary alicyclic amines) is 2. The summed E-state index contributed by atoms with van der Waals surface area (Å²) in [6, 6.07) is 12.7. The number of amides is 4. The van der Waals surface area contributed by atoms with Gasteiger partial charge in [-0.2, -0.15) is 0 Å². The van der Waals surface area contributed by atoms with Gasteiger partial charge in [0.05, 0.1) is 9.72 Å². The van der Waals surface area contributed by atoms with E-state index in [0.717, 1.165) is 48.9 Å². The summed E-state index contributed by atoms with van der Waals surface area (Å²) in [6.07, 6.45) is 3.85. The first-order valence-corrected chi connectivity index (χ1v) is 20.6. The van der Waals surface area contributed by atoms with Gasteiger partial charge in [-0.05, 0) is 116 Å². The maximum Gasteiger partial charge on any atom is 0.410 e. The second kappa shape index (κ2) is 16.1. The summed E-state index contributed by atoms with van der Waals surface area (Å²) in [7, 11) is -3.25. The number of para-hydroxylation sites is 1. The van der Waals surface area contributed by atoms with Crippen LogP contribution >= 0.6 is 15.9 Å². The van der Waals surface area contributed by atoms with Crippen molar-refractivity contribution in [3.63, 3.8) is 0 Å². The number of fused-ring (bicyclic) bond motifs is 1. The number of sulfonamides is 1. The Morgan fingerprint density at radius 3 is 2.18 bits per heavy atom. The summed E-state index contributed by atoms with van der Waals surface area (Å²) in [5.41, 5.74) is 2.69. The van der Waals surface area contributed by atoms with Gasteiger partial charge in [0.2, 0.25) is 10.0 Å². The number of ether oxygens (including phenoxy) is 1. The van der Waals surface area contributed by atoms with Gasteiger partial charge in [-0.1, -0.05) is 24.3 Å². The number of carbonyl (C=O) groups is 3. The average molecular weight is 789 g/mol. The number of nitrogens with zero attached hydrogens (tertiary/aromatic N) is 4. The molecule has 0 bridgehead atoms. The van der Waals surface area contributed by atoms with Crippen LogP contribution in [-0.4, -0.2) is 114 Å². The molecule has 2 N–H and O–H groups in total. The van der Waals surface area contributed by atoms with Gasteiger partial charge in [0.25, 0.3) is 5.91 Å². The lowest BCUT2D eigenvalue weighted by Crippen LogP contribution is -2.52. The van der Waals surface area contributed by atoms with Crippen LogP contribution in [-0.2, 0) is 32.4 Å². The summed E-state index contributed by atoms with van der Waals surface area (Å²) < 4.78 is 33.4. The van der Waals surface area contributed by atoms with E-state index in [1.165, 1.54) is 0 Å². The second-order valence-electron chi connectivity index (χ2n) is 14.6. The smallest absolute Gasteiger partial charge is 0.410 e. The van der Waals surface area contributed by atoms with Crippen LogP contribution < -0.4 is 5.32 Å². The summed E-state index contributed by atoms with van der Waals surface area (Å²) in [5, 5.41) is 12.6. The van der Waals surface area contributed by atoms with Gasteiger partial charge < -0.3 is 29.9 Å². The lowest BCUT2D eigenvalue weighted by molar-refractivity contribution is -0.142. The molecule has 278 valence electrons. The highest BCUT2D eigenvalue weighted by atomic mass is 79.9. The Bertz CT molecular complexity index is 1680. The first-order chi connectivity index (χ1) is 24.4. The molecule has 1 atom stereocenters. The highest BCUT2D eigenvalue weighted by Gasteiger charge is 2.38. The van der Waals surface area contributed by atoms with Gasteiger partial charge >= 0.3 is 12.1 Å². The zero-order valence-corrected chi connectivity index (χ0v) is 31.9. The highest BCUT2D eigenvalue weighted by molar-refractivity contribution is 9.10. The molecule has 2 aromatic carbocycles. The first kappa shape index (κ1) is 37.4. The molecule has 3 saturated heterocycles. The average Bonchev–Trinajstić information content (AvgIpc) is 3.30. The predicted molar refractivity (Wildman–Crippen MR) is 198 cm³/mol. The van der Waals surface area contributed by atoms with Crippen LogP contribution in [0.2, 0.25) is 0 Å². The van der Waals surface area contributed by atoms with E-state index in [2.05, 4.69) is 21.2 Å². The third-order valence-electron chi connectivity index (χ3n) is 11.2. The third-order valence-corrected chi connectivity index (χ3v) is 14.1. The summed E-state index contributed by atoms with van der Waals surface area (Å²) >= 11 is 3.35. The number of rotatable bonds is 8. The standard InChI is InChI=1S/C37H50BrN5O7S/c1-25(2)51(48,49)42-20-11-28(12-21-42)27-9-16-40(17-10-27)35(45)34(24-26-7-8-33(44)31(38)23-26)50-37(47)41-18-14-30(15-19-41)43-22-13-29-5-3-4-6-32(29)39-36(43)46/h3-8,23,25,27-28,30,34,44H,9-22,24H2,1-2H3,(H,39,46)/t34-/m1/s1. The van der Waals surface area contributed by atoms with Crippen LogP contribution in [0.3, 0.4) is 0 Å². The Kier molecular flexibility index (Phi) is 11.8. The molecular formula is C37H50BrN5O7S. The van der Waals surface area contributed by atoms with Crippen LogP contribution in [0.15, 0.2) is 46.9 Å². The van der Waals surface area contributed by atoms with Crippen molar-refractivity contribution in [2.75, 3.05) is 51.1 Å². The largest absolute Gasteiger partial charge is 0.507 e. The fourth-order valence-electron chi connectivity index (χ4n) is 8.06. The Hall–Kier alpha value is -3.36. The topological polar surface area (TPSA) is 140 Å². The third kappa shape index (κ3) is 8.65. The minimum absolute atomic E-state index is 0.0109. The van der Waals surface area contributed by atoms with Crippen molar-refractivity contribution < 1.29 is 32.6 Å². The molecule has 4 heterocycles. The van der Waals surface area contributed by atoms with Gasteiger partial charge in [-0.25, -0.2) is 22.3 Å². The van der Waals surface area contributed by atoms with Crippen molar-refractivity contribution >= 4 is 49.7 Å². The molecule has 0 aliphatic carbocycles. The number of phenols is 1. The van der Waals surface area contributed by atoms with E-state index in [1.54, 1.807) is 46.2 Å². The van der Waals surface area contributed by atoms with E-state index in [4.69, 9.17) is 4.74 Å². The molecule has 0 radical (unpaired) electrons. The number of carbonyl (C=O) groups excluding carboxylic acids is 3. The zero-order chi connectivity index (χ0) is 36.3. The minimum Gasteiger partial charge on any atom is -0.507 e. The molecule has 4 aliphatic heterocycles. The van der Waals surface area contributed by atoms with Gasteiger partial charge in [-0.15, -0.1) is 0 Å². The SMILES string of the molecule is CC(C)S(=O)(=O)N1CCC(C2CCN(C(=O)[C@@H](Cc3ccc(O)c(Br)c3)OC(=O)N3CCC(N4CCc5ccccc5NC4=O)CC3)CC2)CC1. The van der Waals surface area contributed by atoms with Crippen LogP contribution in [0.1, 0.15) is 63.5 Å². The quantitative estimate of drug-likeness (QED) is 0.363. The summed E-state index contributed by atoms with van der Waals surface area (Å²) in [6.45, 7) is 7.05. The van der Waals surface area contributed by atoms with Crippen LogP contribution in [0.4, 0.5) is 15.3 Å². The number of aromatic hydroxyl groups is 1. The molecular weight excluding hydrogens is 738 g/mol. The van der Waals surface area contributed by atoms with Crippen molar-refractivity contribution in [1.29, 1.82) is 0 Å². The highest BCUT2D eigenvalue weighted by Crippen LogP contribution is 2.34. The molecule has 2 aromatic rings. The summed E-state index contributed by atoms with van der Waals surface area (Å²) in [4.78, 5) is 46.0. The number of anilines is 1. The van der Waals surface area contributed by atoms with E-state index in [-0.39, 0.29) is 30.2 Å². The summed E-state index contributed by atoms with van der Waals surface area (Å²) in [5.74, 6) is 0.675. The second-order valence-corrected chi connectivity index (χ2v) is 17.9. The van der Waals surface area contributed by atoms with Gasteiger partial charge in [0.15, 0.2) is 6.10 Å². The minimum atomic E-state index is -3.25. The first-order valence-electron chi connectivity index (χ1n) is 18.3. The lowest BCUT2D eigenvalue weighted by atomic mass is 9.79. The number of nitrogens with one attached hydrogen (secondary N) is 1. The fourth-order valence-corrected chi connectivity index (χ4v) is 9.80. The fraction of sp³-hybridized carbons (Fsp3) is 0.595. The monoisotopic (exact) mass is 787 g/mol. The van der Waals surface area contributed by atoms with Crippen molar-refractivity contribution in [3.05, 3.63) is 58.1 Å². The number of urea groups is 1. The Balaban J connectivity index is 1.05. The van der Waals surface area contributed by atoms with Crippen LogP contribution in [0.25, 0.3) is 0 Å². The molecule has 0 saturated carbocycles. The number of piperidine rings is 3. The number of halogens is 1. The molecule has 3 fully saturated rings. The van der Waals surface area contributed by atoms with Crippen molar-refractivity contribution in [2.45, 2.75) is 82.6 Å². The maximum absolute atomic E-state index is 14.0. The molecule has 4 aliphatic rings. The van der Waals surface area contributed by atoms with E-state index in [0.29, 0.717) is 75.0 Å². The molecule has 6 rings (SSSR count). The molecule has 0 aromatic heterocycles. The molecule has 0 spiro atoms. The zero-order valence-electron chi connectivity index (χ0n) is 29.5. The van der Waals surface area contributed by atoms with Crippen LogP contribution in [0.5, 0.6) is 5.75 Å². The maximum atomic E-state index is 14.0. The lowest BCUT2D eigenvalue weighted by Gasteiger charge is -2.41. The van der Waals surface area contributed by atoms with E-state index in [9.17, 15) is 27.9 Å². The van der Waals surface area contributed by atoms with Crippen LogP contribution in [0, 0.1) is 11.8 Å². The van der Waals surface area contributed by atoms with Crippen molar-refractivity contribution in [3.8, 4) is 5.75 Å². The normalized spacial score (nSPS) is 20.9. The van der Waals surface area contributed by atoms with Gasteiger partial charge in [0.1, 0.15) is 5.75 Å². The number of hydrogen-bond donors (Lipinski definition) is 2. The van der Waals surface area contributed by atoms with Gasteiger partial charge in [-0.3, -0.25) is 4.79 Å². The number of phenolic OH excluding ortho intramolecular Hbond substituents is 1. The molecule has 14 heteroatoms. The van der Waals surface area contributed by atoms with Gasteiger partial charge in [0, 0.05) is 64.0 Å². The van der Waals surface area contributed by atoms with Crippen molar-refractivity contribution in [2.24, 2.45) is 11.8 Å². The molecule has 51 heavy (non-hydrogen) atoms. The van der Waals surface area contributed by atoms with E-state index in [1.807, 2.05) is 29.2 Å². The Labute approximate surface area is 309 Å².